The topological polar surface area (TPSA) is 135 Å². The molecule has 2 heterocycles. The number of methoxy groups -OCH3 is 1. The van der Waals surface area contributed by atoms with Gasteiger partial charge in [0, 0.05) is 46.9 Å². The number of amidine groups is 1. The monoisotopic (exact) mass is 581 g/mol. The van der Waals surface area contributed by atoms with Gasteiger partial charge in [0.05, 0.1) is 17.7 Å². The van der Waals surface area contributed by atoms with E-state index in [1.54, 1.807) is 61.4 Å². The van der Waals surface area contributed by atoms with Gasteiger partial charge < -0.3 is 19.3 Å². The molecule has 0 radical (unpaired) electrons. The summed E-state index contributed by atoms with van der Waals surface area (Å²) in [6.45, 7) is 5.83. The van der Waals surface area contributed by atoms with Crippen molar-refractivity contribution in [1.82, 2.24) is 0 Å². The Morgan fingerprint density at radius 3 is 2.47 bits per heavy atom. The fourth-order valence-corrected chi connectivity index (χ4v) is 6.21. The molecule has 10 heteroatoms. The number of ether oxygens (including phenoxy) is 3. The average Bonchev–Trinajstić information content (AvgIpc) is 3.44. The highest BCUT2D eigenvalue weighted by Crippen LogP contribution is 2.52. The van der Waals surface area contributed by atoms with Gasteiger partial charge in [-0.25, -0.2) is 0 Å². The van der Waals surface area contributed by atoms with Crippen molar-refractivity contribution in [3.05, 3.63) is 104 Å². The fraction of sp³-hybridized carbons (Fsp3) is 0.273. The number of fused-ring (bicyclic) bond motifs is 1. The van der Waals surface area contributed by atoms with Crippen molar-refractivity contribution in [1.29, 1.82) is 5.41 Å². The number of nitro groups is 1. The van der Waals surface area contributed by atoms with Gasteiger partial charge in [0.1, 0.15) is 17.3 Å². The Balaban J connectivity index is 1.65. The van der Waals surface area contributed by atoms with Crippen LogP contribution in [0.25, 0.3) is 5.76 Å². The molecule has 0 bridgehead atoms. The zero-order chi connectivity index (χ0) is 30.6. The molecule has 2 N–H and O–H groups in total. The Morgan fingerprint density at radius 1 is 1.07 bits per heavy atom. The number of anilines is 1. The summed E-state index contributed by atoms with van der Waals surface area (Å²) in [5.74, 6) is 0.634. The van der Waals surface area contributed by atoms with Crippen LogP contribution in [0.2, 0.25) is 0 Å². The second-order valence-corrected chi connectivity index (χ2v) is 11.7. The fourth-order valence-electron chi connectivity index (χ4n) is 6.21. The van der Waals surface area contributed by atoms with Crippen LogP contribution in [0, 0.1) is 27.9 Å². The number of allylic oxidation sites excluding steroid dienone is 2. The summed E-state index contributed by atoms with van der Waals surface area (Å²) in [6.07, 6.45) is 0.758. The highest BCUT2D eigenvalue weighted by molar-refractivity contribution is 6.20. The first kappa shape index (κ1) is 28.0. The smallest absolute Gasteiger partial charge is 0.269 e. The first-order valence-corrected chi connectivity index (χ1v) is 13.9. The highest BCUT2D eigenvalue weighted by Gasteiger charge is 2.47. The van der Waals surface area contributed by atoms with E-state index < -0.39 is 16.3 Å². The molecule has 1 atom stereocenters. The van der Waals surface area contributed by atoms with Crippen LogP contribution in [-0.4, -0.2) is 35.6 Å². The lowest BCUT2D eigenvalue weighted by Crippen LogP contribution is -2.45. The van der Waals surface area contributed by atoms with Crippen LogP contribution in [0.1, 0.15) is 49.3 Å². The molecule has 0 saturated carbocycles. The van der Waals surface area contributed by atoms with Gasteiger partial charge in [-0.1, -0.05) is 19.9 Å². The summed E-state index contributed by atoms with van der Waals surface area (Å²) in [5, 5.41) is 33.1. The van der Waals surface area contributed by atoms with Crippen molar-refractivity contribution < 1.29 is 29.0 Å². The third kappa shape index (κ3) is 4.78. The van der Waals surface area contributed by atoms with E-state index in [0.29, 0.717) is 57.3 Å². The van der Waals surface area contributed by atoms with Crippen molar-refractivity contribution in [3.8, 4) is 17.2 Å². The molecule has 43 heavy (non-hydrogen) atoms. The Morgan fingerprint density at radius 2 is 1.79 bits per heavy atom. The summed E-state index contributed by atoms with van der Waals surface area (Å²) >= 11 is 0. The Labute approximate surface area is 248 Å². The highest BCUT2D eigenvalue weighted by atomic mass is 16.7. The molecule has 6 rings (SSSR count). The maximum atomic E-state index is 14.1. The summed E-state index contributed by atoms with van der Waals surface area (Å²) in [4.78, 5) is 26.9. The molecule has 2 aliphatic heterocycles. The summed E-state index contributed by atoms with van der Waals surface area (Å²) in [6, 6.07) is 16.7. The lowest BCUT2D eigenvalue weighted by Gasteiger charge is -2.45. The number of carbonyl (C=O) groups excluding carboxylic acids is 1. The van der Waals surface area contributed by atoms with Crippen LogP contribution in [0.5, 0.6) is 17.2 Å². The van der Waals surface area contributed by atoms with Crippen LogP contribution in [0.4, 0.5) is 11.4 Å². The Kier molecular flexibility index (Phi) is 6.71. The third-order valence-electron chi connectivity index (χ3n) is 8.20. The van der Waals surface area contributed by atoms with E-state index in [0.717, 1.165) is 0 Å². The van der Waals surface area contributed by atoms with E-state index in [1.165, 1.54) is 12.1 Å². The van der Waals surface area contributed by atoms with Gasteiger partial charge in [0.15, 0.2) is 17.3 Å². The van der Waals surface area contributed by atoms with Gasteiger partial charge in [-0.3, -0.25) is 25.2 Å². The Hall–Kier alpha value is -5.12. The number of carbonyl (C=O) groups is 1. The van der Waals surface area contributed by atoms with Crippen molar-refractivity contribution in [2.24, 2.45) is 5.41 Å². The SMILES string of the molecule is COc1ccc(/C(O)=C2\C(=N)N(c3ccc([N+](=O)[O-])cc3C)C3=C(C(=O)CC(C)(C)C3)C2c2ccc3c(c2)OCO3)cc1. The quantitative estimate of drug-likeness (QED) is 0.190. The number of ketones is 1. The van der Waals surface area contributed by atoms with E-state index in [9.17, 15) is 25.4 Å². The average molecular weight is 582 g/mol. The van der Waals surface area contributed by atoms with Crippen molar-refractivity contribution >= 4 is 28.8 Å². The molecule has 3 aliphatic rings. The maximum absolute atomic E-state index is 14.1. The first-order valence-electron chi connectivity index (χ1n) is 13.9. The van der Waals surface area contributed by atoms with Crippen molar-refractivity contribution in [3.63, 3.8) is 0 Å². The third-order valence-corrected chi connectivity index (χ3v) is 8.20. The standard InChI is InChI=1S/C33H31N3O7/c1-18-13-21(36(39)40)8-11-23(18)35-24-15-33(2,3)16-25(37)29(24)28(20-7-12-26-27(14-20)43-17-42-26)30(32(35)34)31(38)19-5-9-22(41-4)10-6-19/h5-14,28,34,38H,15-17H2,1-4H3/b31-30+,34-32?. The second kappa shape index (κ2) is 10.3. The molecule has 3 aromatic carbocycles. The summed E-state index contributed by atoms with van der Waals surface area (Å²) in [5.41, 5.74) is 3.07. The molecule has 1 unspecified atom stereocenters. The molecule has 10 nitrogen and oxygen atoms in total. The zero-order valence-corrected chi connectivity index (χ0v) is 24.3. The van der Waals surface area contributed by atoms with E-state index >= 15 is 0 Å². The number of hydrogen-bond acceptors (Lipinski definition) is 8. The van der Waals surface area contributed by atoms with E-state index in [4.69, 9.17) is 14.2 Å². The van der Waals surface area contributed by atoms with E-state index in [-0.39, 0.29) is 41.9 Å². The molecular formula is C33H31N3O7. The molecule has 220 valence electrons. The second-order valence-electron chi connectivity index (χ2n) is 11.7. The van der Waals surface area contributed by atoms with Gasteiger partial charge in [-0.05, 0) is 72.4 Å². The molecule has 0 fully saturated rings. The molecule has 3 aromatic rings. The predicted molar refractivity (Wildman–Crippen MR) is 161 cm³/mol. The minimum atomic E-state index is -0.780. The van der Waals surface area contributed by atoms with Crippen LogP contribution >= 0.6 is 0 Å². The molecule has 0 aromatic heterocycles. The van der Waals surface area contributed by atoms with Crippen LogP contribution < -0.4 is 19.1 Å². The maximum Gasteiger partial charge on any atom is 0.269 e. The van der Waals surface area contributed by atoms with Gasteiger partial charge in [0.25, 0.3) is 5.69 Å². The first-order chi connectivity index (χ1) is 20.5. The number of rotatable bonds is 5. The van der Waals surface area contributed by atoms with Crippen LogP contribution in [0.3, 0.4) is 0 Å². The van der Waals surface area contributed by atoms with E-state index in [1.807, 2.05) is 19.9 Å². The largest absolute Gasteiger partial charge is 0.507 e. The normalized spacial score (nSPS) is 20.2. The number of hydrogen-bond donors (Lipinski definition) is 2. The van der Waals surface area contributed by atoms with Gasteiger partial charge >= 0.3 is 0 Å². The van der Waals surface area contributed by atoms with Crippen LogP contribution in [0.15, 0.2) is 77.5 Å². The lowest BCUT2D eigenvalue weighted by molar-refractivity contribution is -0.384. The summed E-state index contributed by atoms with van der Waals surface area (Å²) in [7, 11) is 1.55. The number of aryl methyl sites for hydroxylation is 1. The van der Waals surface area contributed by atoms with Crippen molar-refractivity contribution in [2.75, 3.05) is 18.8 Å². The number of aliphatic hydroxyl groups is 1. The molecule has 0 saturated heterocycles. The van der Waals surface area contributed by atoms with E-state index in [2.05, 4.69) is 0 Å². The number of aliphatic hydroxyl groups excluding tert-OH is 1. The van der Waals surface area contributed by atoms with Gasteiger partial charge in [0.2, 0.25) is 6.79 Å². The number of nitro benzene ring substituents is 1. The van der Waals surface area contributed by atoms with Gasteiger partial charge in [-0.15, -0.1) is 0 Å². The zero-order valence-electron chi connectivity index (χ0n) is 24.3. The number of nitrogens with one attached hydrogen (secondary N) is 1. The predicted octanol–water partition coefficient (Wildman–Crippen LogP) is 6.83. The van der Waals surface area contributed by atoms with Gasteiger partial charge in [-0.2, -0.15) is 0 Å². The number of non-ortho nitro benzene ring substituents is 1. The van der Waals surface area contributed by atoms with Crippen molar-refractivity contribution in [2.45, 2.75) is 39.5 Å². The lowest BCUT2D eigenvalue weighted by atomic mass is 9.67. The molecule has 1 aliphatic carbocycles. The summed E-state index contributed by atoms with van der Waals surface area (Å²) < 4.78 is 16.5. The Bertz CT molecular complexity index is 1750. The molecule has 0 amide bonds. The van der Waals surface area contributed by atoms with Crippen LogP contribution in [-0.2, 0) is 4.79 Å². The minimum absolute atomic E-state index is 0.0304. The minimum Gasteiger partial charge on any atom is -0.507 e. The molecular weight excluding hydrogens is 550 g/mol. The number of nitrogens with zero attached hydrogens (tertiary/aromatic N) is 2. The number of benzene rings is 3. The number of Topliss-reactive ketones (excluding diaryl/α,β-unsaturated/α-hetero) is 1. The molecule has 0 spiro atoms.